The summed E-state index contributed by atoms with van der Waals surface area (Å²) in [6.45, 7) is 1.13. The zero-order valence-corrected chi connectivity index (χ0v) is 9.89. The molecule has 0 amide bonds. The number of benzene rings is 1. The lowest BCUT2D eigenvalue weighted by atomic mass is 10.1. The van der Waals surface area contributed by atoms with Crippen LogP contribution in [0.2, 0.25) is 0 Å². The second-order valence-corrected chi connectivity index (χ2v) is 4.34. The Balaban J connectivity index is 2.01. The van der Waals surface area contributed by atoms with Crippen molar-refractivity contribution in [3.63, 3.8) is 0 Å². The zero-order valence-electron chi connectivity index (χ0n) is 9.89. The smallest absolute Gasteiger partial charge is 0.386 e. The lowest BCUT2D eigenvalue weighted by molar-refractivity contribution is -0.139. The van der Waals surface area contributed by atoms with E-state index >= 15 is 0 Å². The number of alkyl halides is 3. The van der Waals surface area contributed by atoms with Gasteiger partial charge in [0.15, 0.2) is 0 Å². The van der Waals surface area contributed by atoms with Gasteiger partial charge in [-0.25, -0.2) is 4.39 Å². The molecule has 1 aliphatic rings. The molecule has 1 atom stereocenters. The van der Waals surface area contributed by atoms with Gasteiger partial charge in [0, 0.05) is 24.7 Å². The molecule has 19 heavy (non-hydrogen) atoms. The summed E-state index contributed by atoms with van der Waals surface area (Å²) in [5.74, 6) is -0.576. The fourth-order valence-corrected chi connectivity index (χ4v) is 1.86. The summed E-state index contributed by atoms with van der Waals surface area (Å²) in [5.41, 5.74) is 4.57. The van der Waals surface area contributed by atoms with E-state index < -0.39 is 17.6 Å². The molecule has 104 valence electrons. The SMILES string of the molecule is NC1=C[C@@H](CNc2ccc(C(F)(F)F)c(F)c2)CN1. The molecule has 4 N–H and O–H groups in total. The number of anilines is 1. The van der Waals surface area contributed by atoms with Crippen molar-refractivity contribution in [1.29, 1.82) is 0 Å². The Morgan fingerprint density at radius 1 is 1.37 bits per heavy atom. The summed E-state index contributed by atoms with van der Waals surface area (Å²) < 4.78 is 50.4. The van der Waals surface area contributed by atoms with E-state index in [1.807, 2.05) is 6.08 Å². The van der Waals surface area contributed by atoms with Crippen LogP contribution in [0.4, 0.5) is 23.2 Å². The minimum atomic E-state index is -4.67. The highest BCUT2D eigenvalue weighted by atomic mass is 19.4. The van der Waals surface area contributed by atoms with Crippen molar-refractivity contribution in [2.75, 3.05) is 18.4 Å². The fraction of sp³-hybridized carbons (Fsp3) is 0.333. The third-order valence-corrected chi connectivity index (χ3v) is 2.83. The average Bonchev–Trinajstić information content (AvgIpc) is 2.71. The molecular weight excluding hydrogens is 262 g/mol. The maximum Gasteiger partial charge on any atom is 0.419 e. The first-order valence-electron chi connectivity index (χ1n) is 5.68. The van der Waals surface area contributed by atoms with Crippen LogP contribution >= 0.6 is 0 Å². The Morgan fingerprint density at radius 3 is 2.63 bits per heavy atom. The highest BCUT2D eigenvalue weighted by Gasteiger charge is 2.33. The van der Waals surface area contributed by atoms with E-state index in [2.05, 4.69) is 10.6 Å². The molecule has 0 spiro atoms. The van der Waals surface area contributed by atoms with Crippen LogP contribution in [0.25, 0.3) is 0 Å². The van der Waals surface area contributed by atoms with Crippen LogP contribution in [0.5, 0.6) is 0 Å². The molecule has 7 heteroatoms. The molecule has 0 radical (unpaired) electrons. The summed E-state index contributed by atoms with van der Waals surface area (Å²) >= 11 is 0. The summed E-state index contributed by atoms with van der Waals surface area (Å²) in [5, 5.41) is 5.80. The Hall–Kier alpha value is -1.92. The van der Waals surface area contributed by atoms with Gasteiger partial charge in [-0.2, -0.15) is 13.2 Å². The van der Waals surface area contributed by atoms with Gasteiger partial charge >= 0.3 is 6.18 Å². The summed E-state index contributed by atoms with van der Waals surface area (Å²) in [6.07, 6.45) is -2.86. The molecule has 0 aromatic heterocycles. The van der Waals surface area contributed by atoms with Crippen LogP contribution in [-0.4, -0.2) is 13.1 Å². The minimum absolute atomic E-state index is 0.130. The Kier molecular flexibility index (Phi) is 3.55. The number of hydrogen-bond acceptors (Lipinski definition) is 3. The van der Waals surface area contributed by atoms with E-state index in [1.165, 1.54) is 6.07 Å². The maximum absolute atomic E-state index is 13.3. The van der Waals surface area contributed by atoms with Crippen LogP contribution in [0, 0.1) is 11.7 Å². The van der Waals surface area contributed by atoms with Gasteiger partial charge in [0.1, 0.15) is 5.82 Å². The molecule has 0 saturated heterocycles. The zero-order chi connectivity index (χ0) is 14.0. The van der Waals surface area contributed by atoms with Gasteiger partial charge in [-0.05, 0) is 24.3 Å². The van der Waals surface area contributed by atoms with Gasteiger partial charge in [-0.15, -0.1) is 0 Å². The third kappa shape index (κ3) is 3.30. The van der Waals surface area contributed by atoms with Gasteiger partial charge in [0.05, 0.1) is 11.4 Å². The second kappa shape index (κ2) is 4.99. The lowest BCUT2D eigenvalue weighted by Gasteiger charge is -2.12. The quantitative estimate of drug-likeness (QED) is 0.742. The monoisotopic (exact) mass is 275 g/mol. The van der Waals surface area contributed by atoms with Crippen molar-refractivity contribution in [2.45, 2.75) is 6.18 Å². The number of nitrogens with two attached hydrogens (primary N) is 1. The molecule has 1 aliphatic heterocycles. The van der Waals surface area contributed by atoms with E-state index in [-0.39, 0.29) is 5.92 Å². The van der Waals surface area contributed by atoms with E-state index in [0.717, 1.165) is 12.1 Å². The highest BCUT2D eigenvalue weighted by molar-refractivity contribution is 5.46. The van der Waals surface area contributed by atoms with Crippen LogP contribution < -0.4 is 16.4 Å². The predicted molar refractivity (Wildman–Crippen MR) is 63.7 cm³/mol. The van der Waals surface area contributed by atoms with E-state index in [9.17, 15) is 17.6 Å². The van der Waals surface area contributed by atoms with Crippen molar-refractivity contribution in [3.05, 3.63) is 41.5 Å². The molecule has 1 heterocycles. The van der Waals surface area contributed by atoms with E-state index in [0.29, 0.717) is 24.6 Å². The number of nitrogens with one attached hydrogen (secondary N) is 2. The number of halogens is 4. The molecule has 1 aromatic carbocycles. The molecular formula is C12H13F4N3. The predicted octanol–water partition coefficient (Wildman–Crippen LogP) is 2.28. The van der Waals surface area contributed by atoms with Crippen LogP contribution in [0.1, 0.15) is 5.56 Å². The van der Waals surface area contributed by atoms with Gasteiger partial charge in [-0.3, -0.25) is 0 Å². The molecule has 3 nitrogen and oxygen atoms in total. The number of hydrogen-bond donors (Lipinski definition) is 3. The summed E-state index contributed by atoms with van der Waals surface area (Å²) in [7, 11) is 0. The van der Waals surface area contributed by atoms with E-state index in [4.69, 9.17) is 5.73 Å². The largest absolute Gasteiger partial charge is 0.419 e. The van der Waals surface area contributed by atoms with Crippen molar-refractivity contribution in [2.24, 2.45) is 11.7 Å². The lowest BCUT2D eigenvalue weighted by Crippen LogP contribution is -2.20. The van der Waals surface area contributed by atoms with Gasteiger partial charge < -0.3 is 16.4 Å². The van der Waals surface area contributed by atoms with Crippen molar-refractivity contribution in [1.82, 2.24) is 5.32 Å². The molecule has 0 aliphatic carbocycles. The van der Waals surface area contributed by atoms with Crippen LogP contribution in [-0.2, 0) is 6.18 Å². The summed E-state index contributed by atoms with van der Waals surface area (Å²) in [6, 6.07) is 2.79. The average molecular weight is 275 g/mol. The minimum Gasteiger partial charge on any atom is -0.386 e. The van der Waals surface area contributed by atoms with Crippen molar-refractivity contribution in [3.8, 4) is 0 Å². The first-order valence-corrected chi connectivity index (χ1v) is 5.68. The molecule has 1 aromatic rings. The normalized spacial score (nSPS) is 18.9. The van der Waals surface area contributed by atoms with Crippen LogP contribution in [0.3, 0.4) is 0 Å². The van der Waals surface area contributed by atoms with Crippen molar-refractivity contribution < 1.29 is 17.6 Å². The molecule has 0 unspecified atom stereocenters. The second-order valence-electron chi connectivity index (χ2n) is 4.34. The Bertz CT molecular complexity index is 496. The van der Waals surface area contributed by atoms with Gasteiger partial charge in [0.2, 0.25) is 0 Å². The standard InChI is InChI=1S/C12H13F4N3/c13-10-4-8(1-2-9(10)12(14,15)16)18-5-7-3-11(17)19-6-7/h1-4,7,18-19H,5-6,17H2/t7-/m0/s1. The highest BCUT2D eigenvalue weighted by Crippen LogP contribution is 2.32. The van der Waals surface area contributed by atoms with Gasteiger partial charge in [-0.1, -0.05) is 0 Å². The number of rotatable bonds is 3. The molecule has 2 rings (SSSR count). The Labute approximate surface area is 107 Å². The maximum atomic E-state index is 13.3. The van der Waals surface area contributed by atoms with Crippen LogP contribution in [0.15, 0.2) is 30.1 Å². The molecule has 0 fully saturated rings. The Morgan fingerprint density at radius 2 is 2.11 bits per heavy atom. The molecule has 0 saturated carbocycles. The third-order valence-electron chi connectivity index (χ3n) is 2.83. The van der Waals surface area contributed by atoms with E-state index in [1.54, 1.807) is 0 Å². The summed E-state index contributed by atoms with van der Waals surface area (Å²) in [4.78, 5) is 0. The molecule has 0 bridgehead atoms. The first kappa shape index (κ1) is 13.5. The van der Waals surface area contributed by atoms with Crippen molar-refractivity contribution >= 4 is 5.69 Å². The topological polar surface area (TPSA) is 50.1 Å². The first-order chi connectivity index (χ1) is 8.86. The van der Waals surface area contributed by atoms with Gasteiger partial charge in [0.25, 0.3) is 0 Å². The fourth-order valence-electron chi connectivity index (χ4n) is 1.86.